The van der Waals surface area contributed by atoms with Gasteiger partial charge >= 0.3 is 12.4 Å². The van der Waals surface area contributed by atoms with E-state index in [0.29, 0.717) is 24.3 Å². The molecule has 15 nitrogen and oxygen atoms in total. The molecule has 4 aromatic rings. The van der Waals surface area contributed by atoms with Crippen LogP contribution in [0.3, 0.4) is 0 Å². The van der Waals surface area contributed by atoms with Crippen LogP contribution in [0.2, 0.25) is 0 Å². The molecule has 0 unspecified atom stereocenters. The van der Waals surface area contributed by atoms with Crippen LogP contribution in [0.1, 0.15) is 52.6 Å². The number of phenols is 2. The van der Waals surface area contributed by atoms with E-state index >= 15 is 26.3 Å². The van der Waals surface area contributed by atoms with Crippen LogP contribution in [0.5, 0.6) is 23.0 Å². The minimum atomic E-state index is -6.29. The molecule has 2 N–H and O–H groups in total. The van der Waals surface area contributed by atoms with E-state index in [9.17, 15) is 48.6 Å². The molecule has 4 aromatic carbocycles. The van der Waals surface area contributed by atoms with Crippen LogP contribution in [-0.2, 0) is 24.6 Å². The number of carbonyl (C=O) groups excluding carboxylic acids is 8. The summed E-state index contributed by atoms with van der Waals surface area (Å²) in [6, 6.07) is 8.56. The third kappa shape index (κ3) is 6.06. The van der Waals surface area contributed by atoms with Gasteiger partial charge in [0.1, 0.15) is 23.0 Å². The second kappa shape index (κ2) is 14.0. The fourth-order valence-corrected chi connectivity index (χ4v) is 7.52. The number of hydrogen-bond donors (Lipinski definition) is 2. The molecule has 0 aliphatic carbocycles. The number of halogens is 6. The quantitative estimate of drug-likeness (QED) is 0.169. The maximum absolute atomic E-state index is 15.2. The molecule has 0 atom stereocenters. The number of benzene rings is 4. The Morgan fingerprint density at radius 3 is 1.35 bits per heavy atom. The third-order valence-electron chi connectivity index (χ3n) is 10.4. The first kappa shape index (κ1) is 40.7. The molecule has 0 fully saturated rings. The molecule has 8 amide bonds. The number of nitrogens with zero attached hydrogens (tertiary/aromatic N) is 4. The fraction of sp³-hybridized carbons (Fsp3) is 0.122. The lowest BCUT2D eigenvalue weighted by Crippen LogP contribution is -2.55. The number of fused-ring (bicyclic) bond motifs is 2. The van der Waals surface area contributed by atoms with Crippen molar-refractivity contribution in [2.45, 2.75) is 17.8 Å². The summed E-state index contributed by atoms with van der Waals surface area (Å²) in [4.78, 5) is 104. The topological polar surface area (TPSA) is 199 Å². The Labute approximate surface area is 341 Å². The number of anilines is 2. The number of imide groups is 4. The predicted octanol–water partition coefficient (Wildman–Crippen LogP) is 5.05. The van der Waals surface area contributed by atoms with Crippen molar-refractivity contribution in [3.8, 4) is 23.0 Å². The smallest absolute Gasteiger partial charge is 0.411 e. The van der Waals surface area contributed by atoms with E-state index in [1.807, 2.05) is 0 Å². The summed E-state index contributed by atoms with van der Waals surface area (Å²) in [6.07, 6.45) is -9.15. The molecular weight excluding hydrogens is 838 g/mol. The summed E-state index contributed by atoms with van der Waals surface area (Å²) in [5.41, 5.74) is -11.5. The largest absolute Gasteiger partial charge is 0.506 e. The first-order valence-electron chi connectivity index (χ1n) is 17.8. The molecule has 4 aliphatic rings. The maximum Gasteiger partial charge on any atom is 0.411 e. The van der Waals surface area contributed by atoms with Crippen molar-refractivity contribution in [3.05, 3.63) is 130 Å². The number of alkyl halides is 6. The zero-order chi connectivity index (χ0) is 44.8. The highest BCUT2D eigenvalue weighted by molar-refractivity contribution is 6.35. The van der Waals surface area contributed by atoms with Crippen molar-refractivity contribution in [1.29, 1.82) is 0 Å². The maximum atomic E-state index is 15.2. The van der Waals surface area contributed by atoms with Gasteiger partial charge < -0.3 is 14.9 Å². The van der Waals surface area contributed by atoms with Crippen LogP contribution in [0.15, 0.2) is 97.1 Å². The molecule has 0 saturated heterocycles. The van der Waals surface area contributed by atoms with E-state index in [4.69, 9.17) is 4.74 Å². The first-order valence-corrected chi connectivity index (χ1v) is 17.8. The lowest BCUT2D eigenvalue weighted by molar-refractivity contribution is -0.288. The average molecular weight is 861 g/mol. The van der Waals surface area contributed by atoms with Gasteiger partial charge in [-0.1, -0.05) is 12.1 Å². The zero-order valence-corrected chi connectivity index (χ0v) is 30.8. The Bertz CT molecular complexity index is 2780. The summed E-state index contributed by atoms with van der Waals surface area (Å²) < 4.78 is 97.2. The van der Waals surface area contributed by atoms with Gasteiger partial charge in [0.05, 0.1) is 33.6 Å². The summed E-state index contributed by atoms with van der Waals surface area (Å²) in [5, 5.41) is 21.2. The van der Waals surface area contributed by atoms with Crippen LogP contribution in [-0.4, -0.2) is 92.7 Å². The number of hydrogen-bond acceptors (Lipinski definition) is 11. The van der Waals surface area contributed by atoms with E-state index in [1.54, 1.807) is 0 Å². The van der Waals surface area contributed by atoms with E-state index < -0.39 is 110 Å². The van der Waals surface area contributed by atoms with Gasteiger partial charge in [-0.25, -0.2) is 9.80 Å². The lowest BCUT2D eigenvalue weighted by atomic mass is 9.72. The standard InChI is InChI=1S/C41H22F6N4O11/c42-40(43,44)39(41(45,46)47,19-1-7-29(52)27(15-19)50-33(56)11-12-34(50)57)20-2-8-30(53)28(16-20)51-37(60)24-6-4-22(18-26(24)38(51)61)62-21-3-5-23-25(17-21)36(59)49(35(23)58)14-13-48-31(54)9-10-32(48)55/h1-12,15-18,52-53H,13-14H2. The second-order valence-electron chi connectivity index (χ2n) is 13.9. The van der Waals surface area contributed by atoms with Gasteiger partial charge in [-0.2, -0.15) is 26.3 Å². The minimum Gasteiger partial charge on any atom is -0.506 e. The molecule has 0 radical (unpaired) electrons. The van der Waals surface area contributed by atoms with Gasteiger partial charge in [0.2, 0.25) is 5.41 Å². The number of phenolic OH excluding ortho intramolecular Hbond substituents is 2. The Kier molecular flexibility index (Phi) is 9.18. The van der Waals surface area contributed by atoms with Gasteiger partial charge in [-0.3, -0.25) is 48.2 Å². The third-order valence-corrected chi connectivity index (χ3v) is 10.4. The van der Waals surface area contributed by atoms with Crippen LogP contribution < -0.4 is 14.5 Å². The Balaban J connectivity index is 1.10. The molecular formula is C41H22F6N4O11. The predicted molar refractivity (Wildman–Crippen MR) is 196 cm³/mol. The number of aromatic hydroxyl groups is 2. The summed E-state index contributed by atoms with van der Waals surface area (Å²) in [7, 11) is 0. The number of carbonyl (C=O) groups is 8. The van der Waals surface area contributed by atoms with Crippen molar-refractivity contribution in [2.24, 2.45) is 0 Å². The molecule has 0 saturated carbocycles. The number of amides is 8. The molecule has 314 valence electrons. The van der Waals surface area contributed by atoms with E-state index in [2.05, 4.69) is 0 Å². The zero-order valence-electron chi connectivity index (χ0n) is 30.8. The first-order chi connectivity index (χ1) is 29.1. The molecule has 4 heterocycles. The van der Waals surface area contributed by atoms with E-state index in [1.165, 1.54) is 24.3 Å². The SMILES string of the molecule is O=C1C=CC(=O)N1CCN1C(=O)c2ccc(Oc3ccc4c(c3)C(=O)N(c3cc(C(c5ccc(O)c(N6C(=O)C=CC6=O)c5)(C(F)(F)F)C(F)(F)F)ccc3O)C4=O)cc2C1=O. The van der Waals surface area contributed by atoms with Gasteiger partial charge in [-0.05, 0) is 71.8 Å². The summed E-state index contributed by atoms with van der Waals surface area (Å²) in [5.74, 6) is -10.0. The normalized spacial score (nSPS) is 16.5. The fourth-order valence-electron chi connectivity index (χ4n) is 7.52. The molecule has 21 heteroatoms. The van der Waals surface area contributed by atoms with Gasteiger partial charge in [0.25, 0.3) is 47.3 Å². The summed E-state index contributed by atoms with van der Waals surface area (Å²) >= 11 is 0. The highest BCUT2D eigenvalue weighted by atomic mass is 19.4. The van der Waals surface area contributed by atoms with Crippen molar-refractivity contribution < 1.29 is 79.6 Å². The highest BCUT2D eigenvalue weighted by Crippen LogP contribution is 2.58. The Morgan fingerprint density at radius 1 is 0.452 bits per heavy atom. The Hall–Kier alpha value is -8.10. The lowest BCUT2D eigenvalue weighted by Gasteiger charge is -2.39. The molecule has 8 rings (SSSR count). The van der Waals surface area contributed by atoms with Crippen molar-refractivity contribution in [1.82, 2.24) is 9.80 Å². The highest BCUT2D eigenvalue weighted by Gasteiger charge is 2.73. The minimum absolute atomic E-state index is 0.0352. The van der Waals surface area contributed by atoms with Crippen LogP contribution in [0.25, 0.3) is 0 Å². The van der Waals surface area contributed by atoms with Crippen molar-refractivity contribution in [3.63, 3.8) is 0 Å². The van der Waals surface area contributed by atoms with Gasteiger partial charge in [-0.15, -0.1) is 0 Å². The van der Waals surface area contributed by atoms with Gasteiger partial charge in [0, 0.05) is 37.4 Å². The van der Waals surface area contributed by atoms with E-state index in [-0.39, 0.29) is 69.8 Å². The Morgan fingerprint density at radius 2 is 0.855 bits per heavy atom. The van der Waals surface area contributed by atoms with Gasteiger partial charge in [0.15, 0.2) is 0 Å². The number of ether oxygens (including phenoxy) is 1. The number of rotatable bonds is 9. The molecule has 0 spiro atoms. The van der Waals surface area contributed by atoms with E-state index in [0.717, 1.165) is 34.1 Å². The van der Waals surface area contributed by atoms with Crippen LogP contribution >= 0.6 is 0 Å². The summed E-state index contributed by atoms with van der Waals surface area (Å²) in [6.45, 7) is -0.585. The van der Waals surface area contributed by atoms with Crippen LogP contribution in [0, 0.1) is 0 Å². The monoisotopic (exact) mass is 860 g/mol. The van der Waals surface area contributed by atoms with Crippen molar-refractivity contribution in [2.75, 3.05) is 22.9 Å². The van der Waals surface area contributed by atoms with Crippen molar-refractivity contribution >= 4 is 58.6 Å². The molecule has 4 aliphatic heterocycles. The molecule has 0 bridgehead atoms. The molecule has 62 heavy (non-hydrogen) atoms. The average Bonchev–Trinajstić information content (AvgIpc) is 3.86. The van der Waals surface area contributed by atoms with Crippen LogP contribution in [0.4, 0.5) is 37.7 Å². The second-order valence-corrected chi connectivity index (χ2v) is 13.9. The molecule has 0 aromatic heterocycles.